The number of hydrogen-bond acceptors (Lipinski definition) is 5. The molecular weight excluding hydrogens is 342 g/mol. The predicted molar refractivity (Wildman–Crippen MR) is 96.8 cm³/mol. The van der Waals surface area contributed by atoms with Crippen LogP contribution < -0.4 is 15.4 Å². The molecule has 7 heteroatoms. The maximum Gasteiger partial charge on any atom is 0.267 e. The first-order valence-electron chi connectivity index (χ1n) is 7.26. The van der Waals surface area contributed by atoms with Gasteiger partial charge in [-0.2, -0.15) is 5.26 Å². The Labute approximate surface area is 150 Å². The minimum Gasteiger partial charge on any atom is -0.508 e. The van der Waals surface area contributed by atoms with E-state index in [1.807, 2.05) is 6.07 Å². The molecule has 0 aliphatic rings. The summed E-state index contributed by atoms with van der Waals surface area (Å²) < 4.78 is 5.04. The summed E-state index contributed by atoms with van der Waals surface area (Å²) in [5, 5.41) is 24.4. The van der Waals surface area contributed by atoms with Gasteiger partial charge in [0.05, 0.1) is 12.1 Å². The fourth-order valence-electron chi connectivity index (χ4n) is 2.05. The van der Waals surface area contributed by atoms with Crippen molar-refractivity contribution in [3.63, 3.8) is 0 Å². The number of phenols is 1. The van der Waals surface area contributed by atoms with Gasteiger partial charge >= 0.3 is 0 Å². The Bertz CT molecular complexity index is 872. The second-order valence-electron chi connectivity index (χ2n) is 5.12. The lowest BCUT2D eigenvalue weighted by Crippen LogP contribution is -2.14. The largest absolute Gasteiger partial charge is 0.508 e. The number of aromatic hydroxyl groups is 1. The predicted octanol–water partition coefficient (Wildman–Crippen LogP) is 3.82. The standard InChI is InChI=1S/C18H16ClN3O3/c1-11-7-14(23)4-5-16(11)21-10-12(9-20)18(24)22-13-3-6-17(25-2)15(19)8-13/h3-8,10,21,23H,1-2H3,(H,22,24)/b12-10-. The van der Waals surface area contributed by atoms with E-state index in [9.17, 15) is 15.2 Å². The zero-order chi connectivity index (χ0) is 18.4. The molecule has 128 valence electrons. The van der Waals surface area contributed by atoms with E-state index in [0.717, 1.165) is 5.56 Å². The molecule has 0 bridgehead atoms. The van der Waals surface area contributed by atoms with Gasteiger partial charge in [0.2, 0.25) is 0 Å². The topological polar surface area (TPSA) is 94.4 Å². The number of amides is 1. The molecule has 0 aromatic heterocycles. The fourth-order valence-corrected chi connectivity index (χ4v) is 2.31. The number of nitrogens with zero attached hydrogens (tertiary/aromatic N) is 1. The second-order valence-corrected chi connectivity index (χ2v) is 5.52. The van der Waals surface area contributed by atoms with Crippen LogP contribution in [0.2, 0.25) is 5.02 Å². The number of phenolic OH excluding ortho intramolecular Hbond substituents is 1. The number of anilines is 2. The number of aryl methyl sites for hydroxylation is 1. The highest BCUT2D eigenvalue weighted by molar-refractivity contribution is 6.32. The minimum atomic E-state index is -0.576. The first-order chi connectivity index (χ1) is 11.9. The molecule has 2 aromatic carbocycles. The highest BCUT2D eigenvalue weighted by Crippen LogP contribution is 2.27. The molecule has 2 aromatic rings. The lowest BCUT2D eigenvalue weighted by Gasteiger charge is -2.09. The number of ether oxygens (including phenoxy) is 1. The zero-order valence-corrected chi connectivity index (χ0v) is 14.4. The van der Waals surface area contributed by atoms with Crippen molar-refractivity contribution in [2.24, 2.45) is 0 Å². The van der Waals surface area contributed by atoms with Gasteiger partial charge in [-0.1, -0.05) is 11.6 Å². The van der Waals surface area contributed by atoms with Gasteiger partial charge in [-0.25, -0.2) is 0 Å². The van der Waals surface area contributed by atoms with E-state index in [1.54, 1.807) is 31.2 Å². The molecule has 0 atom stereocenters. The Hall–Kier alpha value is -3.17. The number of nitrogens with one attached hydrogen (secondary N) is 2. The minimum absolute atomic E-state index is 0.112. The van der Waals surface area contributed by atoms with Crippen molar-refractivity contribution in [2.45, 2.75) is 6.92 Å². The van der Waals surface area contributed by atoms with E-state index in [4.69, 9.17) is 16.3 Å². The van der Waals surface area contributed by atoms with Crippen molar-refractivity contribution in [1.29, 1.82) is 5.26 Å². The number of halogens is 1. The maximum atomic E-state index is 12.2. The smallest absolute Gasteiger partial charge is 0.267 e. The normalized spacial score (nSPS) is 10.7. The van der Waals surface area contributed by atoms with Crippen LogP contribution in [0.3, 0.4) is 0 Å². The number of nitriles is 1. The highest BCUT2D eigenvalue weighted by Gasteiger charge is 2.11. The molecule has 0 aliphatic heterocycles. The number of benzene rings is 2. The maximum absolute atomic E-state index is 12.2. The van der Waals surface area contributed by atoms with Crippen LogP contribution in [0.25, 0.3) is 0 Å². The number of methoxy groups -OCH3 is 1. The van der Waals surface area contributed by atoms with Crippen molar-refractivity contribution in [3.05, 3.63) is 58.8 Å². The number of carbonyl (C=O) groups is 1. The molecule has 0 radical (unpaired) electrons. The molecule has 0 aliphatic carbocycles. The van der Waals surface area contributed by atoms with E-state index >= 15 is 0 Å². The van der Waals surface area contributed by atoms with Crippen molar-refractivity contribution in [1.82, 2.24) is 0 Å². The molecular formula is C18H16ClN3O3. The molecule has 0 fully saturated rings. The zero-order valence-electron chi connectivity index (χ0n) is 13.6. The van der Waals surface area contributed by atoms with Gasteiger partial charge in [0.25, 0.3) is 5.91 Å². The van der Waals surface area contributed by atoms with Gasteiger partial charge in [0.1, 0.15) is 23.1 Å². The van der Waals surface area contributed by atoms with Gasteiger partial charge in [-0.05, 0) is 48.9 Å². The van der Waals surface area contributed by atoms with Crippen molar-refractivity contribution in [2.75, 3.05) is 17.7 Å². The van der Waals surface area contributed by atoms with Crippen LogP contribution in [0.1, 0.15) is 5.56 Å². The number of hydrogen-bond donors (Lipinski definition) is 3. The molecule has 0 spiro atoms. The number of carbonyl (C=O) groups excluding carboxylic acids is 1. The summed E-state index contributed by atoms with van der Waals surface area (Å²) >= 11 is 6.01. The van der Waals surface area contributed by atoms with Crippen LogP contribution in [0.4, 0.5) is 11.4 Å². The summed E-state index contributed by atoms with van der Waals surface area (Å²) in [5.41, 5.74) is 1.78. The summed E-state index contributed by atoms with van der Waals surface area (Å²) in [5.74, 6) is 0.0505. The molecule has 6 nitrogen and oxygen atoms in total. The highest BCUT2D eigenvalue weighted by atomic mass is 35.5. The molecule has 0 saturated heterocycles. The molecule has 0 unspecified atom stereocenters. The molecule has 25 heavy (non-hydrogen) atoms. The lowest BCUT2D eigenvalue weighted by atomic mass is 10.2. The second kappa shape index (κ2) is 8.08. The average Bonchev–Trinajstić information content (AvgIpc) is 2.57. The summed E-state index contributed by atoms with van der Waals surface area (Å²) in [6.45, 7) is 1.79. The van der Waals surface area contributed by atoms with Crippen molar-refractivity contribution < 1.29 is 14.6 Å². The quantitative estimate of drug-likeness (QED) is 0.429. The fraction of sp³-hybridized carbons (Fsp3) is 0.111. The van der Waals surface area contributed by atoms with E-state index in [0.29, 0.717) is 22.1 Å². The number of rotatable bonds is 5. The molecule has 0 heterocycles. The molecule has 2 rings (SSSR count). The van der Waals surface area contributed by atoms with Crippen LogP contribution in [-0.2, 0) is 4.79 Å². The van der Waals surface area contributed by atoms with Gasteiger partial charge in [0.15, 0.2) is 0 Å². The first kappa shape index (κ1) is 18.2. The van der Waals surface area contributed by atoms with E-state index in [2.05, 4.69) is 10.6 Å². The van der Waals surface area contributed by atoms with Crippen LogP contribution in [-0.4, -0.2) is 18.1 Å². The third kappa shape index (κ3) is 4.66. The SMILES string of the molecule is COc1ccc(NC(=O)/C(C#N)=C\Nc2ccc(O)cc2C)cc1Cl. The Morgan fingerprint density at radius 2 is 2.08 bits per heavy atom. The Balaban J connectivity index is 2.12. The molecule has 1 amide bonds. The molecule has 3 N–H and O–H groups in total. The first-order valence-corrected chi connectivity index (χ1v) is 7.63. The van der Waals surface area contributed by atoms with Gasteiger partial charge in [-0.15, -0.1) is 0 Å². The summed E-state index contributed by atoms with van der Waals surface area (Å²) in [7, 11) is 1.49. The van der Waals surface area contributed by atoms with Gasteiger partial charge < -0.3 is 20.5 Å². The Morgan fingerprint density at radius 1 is 1.32 bits per heavy atom. The van der Waals surface area contributed by atoms with E-state index < -0.39 is 5.91 Å². The Kier molecular flexibility index (Phi) is 5.88. The summed E-state index contributed by atoms with van der Waals surface area (Å²) in [4.78, 5) is 12.2. The van der Waals surface area contributed by atoms with Crippen LogP contribution in [0.15, 0.2) is 48.2 Å². The van der Waals surface area contributed by atoms with E-state index in [-0.39, 0.29) is 11.3 Å². The third-order valence-corrected chi connectivity index (χ3v) is 3.65. The van der Waals surface area contributed by atoms with E-state index in [1.165, 1.54) is 25.4 Å². The Morgan fingerprint density at radius 3 is 2.68 bits per heavy atom. The van der Waals surface area contributed by atoms with Gasteiger partial charge in [0, 0.05) is 17.6 Å². The third-order valence-electron chi connectivity index (χ3n) is 3.36. The van der Waals surface area contributed by atoms with Crippen LogP contribution in [0.5, 0.6) is 11.5 Å². The summed E-state index contributed by atoms with van der Waals surface area (Å²) in [6, 6.07) is 11.3. The monoisotopic (exact) mass is 357 g/mol. The molecule has 0 saturated carbocycles. The van der Waals surface area contributed by atoms with Crippen LogP contribution >= 0.6 is 11.6 Å². The van der Waals surface area contributed by atoms with Gasteiger partial charge in [-0.3, -0.25) is 4.79 Å². The lowest BCUT2D eigenvalue weighted by molar-refractivity contribution is -0.112. The summed E-state index contributed by atoms with van der Waals surface area (Å²) in [6.07, 6.45) is 1.31. The van der Waals surface area contributed by atoms with Crippen molar-refractivity contribution in [3.8, 4) is 17.6 Å². The van der Waals surface area contributed by atoms with Crippen molar-refractivity contribution >= 4 is 28.9 Å². The average molecular weight is 358 g/mol. The van der Waals surface area contributed by atoms with Crippen LogP contribution in [0, 0.1) is 18.3 Å².